The van der Waals surface area contributed by atoms with Gasteiger partial charge in [0.15, 0.2) is 5.69 Å². The van der Waals surface area contributed by atoms with Crippen LogP contribution in [0.15, 0.2) is 30.5 Å². The van der Waals surface area contributed by atoms with Gasteiger partial charge in [-0.2, -0.15) is 18.3 Å². The van der Waals surface area contributed by atoms with Crippen LogP contribution in [0.5, 0.6) is 0 Å². The number of hydrogen-bond donors (Lipinski definition) is 2. The minimum Gasteiger partial charge on any atom is -0.352 e. The van der Waals surface area contributed by atoms with E-state index in [1.54, 1.807) is 12.1 Å². The van der Waals surface area contributed by atoms with E-state index < -0.39 is 34.9 Å². The van der Waals surface area contributed by atoms with Gasteiger partial charge in [0.2, 0.25) is 0 Å². The number of nitrogens with one attached hydrogen (secondary N) is 2. The lowest BCUT2D eigenvalue weighted by molar-refractivity contribution is -0.143. The van der Waals surface area contributed by atoms with Crippen LogP contribution in [0.4, 0.5) is 18.0 Å². The third kappa shape index (κ3) is 4.31. The minimum absolute atomic E-state index is 0.00407. The van der Waals surface area contributed by atoms with Gasteiger partial charge in [0.25, 0.3) is 11.8 Å². The monoisotopic (exact) mass is 463 g/mol. The van der Waals surface area contributed by atoms with Crippen LogP contribution in [0, 0.1) is 6.92 Å². The summed E-state index contributed by atoms with van der Waals surface area (Å²) in [4.78, 5) is 38.4. The van der Waals surface area contributed by atoms with Crippen molar-refractivity contribution in [2.75, 3.05) is 13.1 Å². The van der Waals surface area contributed by atoms with Crippen molar-refractivity contribution in [1.29, 1.82) is 0 Å². The summed E-state index contributed by atoms with van der Waals surface area (Å²) in [7, 11) is 0. The Balaban J connectivity index is 1.40. The number of rotatable bonds is 6. The standard InChI is InChI=1S/C22H24F3N5O3/c1-14-5-7-15(8-6-14)30-17(22(23,24)25)16(13-27-30)18(31)26-11-4-12-29-19(32)21(28-20(29)33)9-2-3-10-21/h5-8,13H,2-4,9-12H2,1H3,(H,26,31)(H,28,33). The zero-order valence-electron chi connectivity index (χ0n) is 18.0. The molecule has 0 unspecified atom stereocenters. The molecule has 2 fully saturated rings. The van der Waals surface area contributed by atoms with Crippen molar-refractivity contribution in [1.82, 2.24) is 25.3 Å². The second-order valence-corrected chi connectivity index (χ2v) is 8.44. The number of nitrogens with zero attached hydrogens (tertiary/aromatic N) is 3. The first-order valence-corrected chi connectivity index (χ1v) is 10.8. The van der Waals surface area contributed by atoms with Gasteiger partial charge in [-0.25, -0.2) is 9.48 Å². The summed E-state index contributed by atoms with van der Waals surface area (Å²) in [5.41, 5.74) is -1.51. The van der Waals surface area contributed by atoms with Gasteiger partial charge in [-0.3, -0.25) is 14.5 Å². The van der Waals surface area contributed by atoms with E-state index >= 15 is 0 Å². The molecule has 0 atom stereocenters. The van der Waals surface area contributed by atoms with E-state index in [0.29, 0.717) is 17.5 Å². The van der Waals surface area contributed by atoms with Crippen molar-refractivity contribution in [3.8, 4) is 5.69 Å². The van der Waals surface area contributed by atoms with Crippen LogP contribution < -0.4 is 10.6 Å². The van der Waals surface area contributed by atoms with Crippen molar-refractivity contribution < 1.29 is 27.6 Å². The maximum atomic E-state index is 13.8. The number of carbonyl (C=O) groups is 3. The van der Waals surface area contributed by atoms with Crippen molar-refractivity contribution in [2.24, 2.45) is 0 Å². The molecule has 1 aromatic heterocycles. The van der Waals surface area contributed by atoms with Gasteiger partial charge in [0.1, 0.15) is 5.54 Å². The van der Waals surface area contributed by atoms with Crippen LogP contribution in [-0.2, 0) is 11.0 Å². The Morgan fingerprint density at radius 2 is 1.85 bits per heavy atom. The molecule has 4 rings (SSSR count). The number of aromatic nitrogens is 2. The SMILES string of the molecule is Cc1ccc(-n2ncc(C(=O)NCCCN3C(=O)NC4(CCCC4)C3=O)c2C(F)(F)F)cc1. The number of hydrogen-bond acceptors (Lipinski definition) is 4. The first-order chi connectivity index (χ1) is 15.6. The number of imide groups is 1. The Morgan fingerprint density at radius 3 is 2.48 bits per heavy atom. The molecule has 2 heterocycles. The van der Waals surface area contributed by atoms with Gasteiger partial charge in [-0.1, -0.05) is 30.5 Å². The summed E-state index contributed by atoms with van der Waals surface area (Å²) in [6.07, 6.45) is -0.745. The number of urea groups is 1. The van der Waals surface area contributed by atoms with E-state index in [0.717, 1.165) is 29.5 Å². The molecule has 1 aliphatic heterocycles. The van der Waals surface area contributed by atoms with Crippen LogP contribution >= 0.6 is 0 Å². The molecule has 1 aliphatic carbocycles. The summed E-state index contributed by atoms with van der Waals surface area (Å²) in [5.74, 6) is -1.19. The van der Waals surface area contributed by atoms with Crippen LogP contribution in [0.25, 0.3) is 5.69 Å². The Kier molecular flexibility index (Phi) is 5.89. The van der Waals surface area contributed by atoms with Crippen molar-refractivity contribution in [3.63, 3.8) is 0 Å². The first kappa shape index (κ1) is 22.8. The van der Waals surface area contributed by atoms with E-state index in [-0.39, 0.29) is 31.1 Å². The van der Waals surface area contributed by atoms with E-state index in [2.05, 4.69) is 15.7 Å². The molecule has 1 saturated carbocycles. The van der Waals surface area contributed by atoms with Gasteiger partial charge in [-0.05, 0) is 38.3 Å². The molecule has 8 nitrogen and oxygen atoms in total. The zero-order chi connectivity index (χ0) is 23.8. The van der Waals surface area contributed by atoms with Crippen molar-refractivity contribution in [2.45, 2.75) is 50.7 Å². The summed E-state index contributed by atoms with van der Waals surface area (Å²) >= 11 is 0. The first-order valence-electron chi connectivity index (χ1n) is 10.8. The number of amides is 4. The highest BCUT2D eigenvalue weighted by Gasteiger charge is 2.52. The molecule has 4 amide bonds. The molecule has 33 heavy (non-hydrogen) atoms. The summed E-state index contributed by atoms with van der Waals surface area (Å²) in [6, 6.07) is 5.83. The fraction of sp³-hybridized carbons (Fsp3) is 0.455. The normalized spacial score (nSPS) is 17.6. The smallest absolute Gasteiger partial charge is 0.352 e. The average molecular weight is 463 g/mol. The predicted molar refractivity (Wildman–Crippen MR) is 112 cm³/mol. The predicted octanol–water partition coefficient (Wildman–Crippen LogP) is 3.18. The molecular weight excluding hydrogens is 439 g/mol. The highest BCUT2D eigenvalue weighted by Crippen LogP contribution is 2.35. The molecule has 1 saturated heterocycles. The zero-order valence-corrected chi connectivity index (χ0v) is 18.0. The average Bonchev–Trinajstić information content (AvgIpc) is 3.46. The van der Waals surface area contributed by atoms with Crippen molar-refractivity contribution >= 4 is 17.8 Å². The molecule has 0 bridgehead atoms. The van der Waals surface area contributed by atoms with Crippen LogP contribution in [-0.4, -0.2) is 51.2 Å². The Bertz CT molecular complexity index is 1070. The van der Waals surface area contributed by atoms with Crippen LogP contribution in [0.1, 0.15) is 53.7 Å². The topological polar surface area (TPSA) is 96.3 Å². The number of benzene rings is 1. The van der Waals surface area contributed by atoms with Gasteiger partial charge < -0.3 is 10.6 Å². The number of aryl methyl sites for hydroxylation is 1. The van der Waals surface area contributed by atoms with Gasteiger partial charge in [0, 0.05) is 13.1 Å². The number of carbonyl (C=O) groups excluding carboxylic acids is 3. The third-order valence-corrected chi connectivity index (χ3v) is 6.11. The lowest BCUT2D eigenvalue weighted by Crippen LogP contribution is -2.44. The second kappa shape index (κ2) is 8.53. The van der Waals surface area contributed by atoms with E-state index in [1.165, 1.54) is 12.1 Å². The number of alkyl halides is 3. The summed E-state index contributed by atoms with van der Waals surface area (Å²) in [5, 5.41) is 8.99. The minimum atomic E-state index is -4.80. The van der Waals surface area contributed by atoms with Crippen LogP contribution in [0.2, 0.25) is 0 Å². The van der Waals surface area contributed by atoms with E-state index in [9.17, 15) is 27.6 Å². The maximum Gasteiger partial charge on any atom is 0.434 e. The molecule has 176 valence electrons. The summed E-state index contributed by atoms with van der Waals surface area (Å²) in [6.45, 7) is 1.88. The summed E-state index contributed by atoms with van der Waals surface area (Å²) < 4.78 is 42.0. The molecule has 2 aliphatic rings. The second-order valence-electron chi connectivity index (χ2n) is 8.44. The molecule has 1 spiro atoms. The maximum absolute atomic E-state index is 13.8. The van der Waals surface area contributed by atoms with Crippen molar-refractivity contribution in [3.05, 3.63) is 47.3 Å². The molecular formula is C22H24F3N5O3. The fourth-order valence-electron chi connectivity index (χ4n) is 4.40. The van der Waals surface area contributed by atoms with Gasteiger partial charge in [0.05, 0.1) is 17.4 Å². The fourth-order valence-corrected chi connectivity index (χ4v) is 4.40. The molecule has 1 aromatic carbocycles. The Labute approximate surface area is 188 Å². The number of halogens is 3. The van der Waals surface area contributed by atoms with Crippen LogP contribution in [0.3, 0.4) is 0 Å². The highest BCUT2D eigenvalue weighted by molar-refractivity contribution is 6.07. The van der Waals surface area contributed by atoms with E-state index in [4.69, 9.17) is 0 Å². The molecule has 2 aromatic rings. The quantitative estimate of drug-likeness (QED) is 0.508. The Hall–Kier alpha value is -3.37. The highest BCUT2D eigenvalue weighted by atomic mass is 19.4. The lowest BCUT2D eigenvalue weighted by Gasteiger charge is -2.20. The molecule has 0 radical (unpaired) electrons. The largest absolute Gasteiger partial charge is 0.434 e. The molecule has 11 heteroatoms. The Morgan fingerprint density at radius 1 is 1.18 bits per heavy atom. The molecule has 2 N–H and O–H groups in total. The van der Waals surface area contributed by atoms with Gasteiger partial charge in [-0.15, -0.1) is 0 Å². The lowest BCUT2D eigenvalue weighted by atomic mass is 9.98. The third-order valence-electron chi connectivity index (χ3n) is 6.11. The van der Waals surface area contributed by atoms with E-state index in [1.807, 2.05) is 6.92 Å². The van der Waals surface area contributed by atoms with Gasteiger partial charge >= 0.3 is 12.2 Å².